The van der Waals surface area contributed by atoms with E-state index < -0.39 is 0 Å². The number of rotatable bonds is 6. The zero-order chi connectivity index (χ0) is 24.2. The van der Waals surface area contributed by atoms with Gasteiger partial charge in [0.25, 0.3) is 0 Å². The van der Waals surface area contributed by atoms with E-state index in [1.807, 2.05) is 18.2 Å². The fraction of sp³-hybridized carbons (Fsp3) is 0.440. The van der Waals surface area contributed by atoms with E-state index in [0.717, 1.165) is 30.1 Å². The number of benzene rings is 1. The quantitative estimate of drug-likeness (QED) is 0.563. The summed E-state index contributed by atoms with van der Waals surface area (Å²) in [5.74, 6) is 3.65. The van der Waals surface area contributed by atoms with Crippen molar-refractivity contribution in [3.05, 3.63) is 42.4 Å². The first kappa shape index (κ1) is 22.9. The van der Waals surface area contributed by atoms with Gasteiger partial charge in [0.15, 0.2) is 11.5 Å². The molecule has 0 bridgehead atoms. The van der Waals surface area contributed by atoms with Crippen molar-refractivity contribution in [2.45, 2.75) is 31.6 Å². The number of piperazine rings is 1. The van der Waals surface area contributed by atoms with Gasteiger partial charge in [0.1, 0.15) is 5.82 Å². The summed E-state index contributed by atoms with van der Waals surface area (Å²) in [6, 6.07) is 9.17. The molecule has 184 valence electrons. The lowest BCUT2D eigenvalue weighted by Crippen LogP contribution is -2.50. The number of carbonyl (C=O) groups is 1. The second-order valence-electron chi connectivity index (χ2n) is 8.79. The van der Waals surface area contributed by atoms with Crippen LogP contribution in [0.5, 0.6) is 11.5 Å². The van der Waals surface area contributed by atoms with Crippen LogP contribution in [0.3, 0.4) is 0 Å². The van der Waals surface area contributed by atoms with Crippen molar-refractivity contribution in [3.8, 4) is 22.9 Å². The Morgan fingerprint density at radius 1 is 1.06 bits per heavy atom. The highest BCUT2D eigenvalue weighted by Gasteiger charge is 2.25. The molecule has 1 aliphatic heterocycles. The Hall–Kier alpha value is -3.82. The molecule has 0 unspecified atom stereocenters. The number of nitrogens with one attached hydrogen (secondary N) is 1. The summed E-state index contributed by atoms with van der Waals surface area (Å²) in [6.07, 6.45) is 6.48. The average Bonchev–Trinajstić information content (AvgIpc) is 3.61. The summed E-state index contributed by atoms with van der Waals surface area (Å²) in [5.41, 5.74) is 1.42. The van der Waals surface area contributed by atoms with Gasteiger partial charge in [-0.2, -0.15) is 4.98 Å². The van der Waals surface area contributed by atoms with Crippen LogP contribution in [0, 0.1) is 0 Å². The Morgan fingerprint density at radius 2 is 1.86 bits per heavy atom. The van der Waals surface area contributed by atoms with Gasteiger partial charge in [0.2, 0.25) is 11.7 Å². The van der Waals surface area contributed by atoms with E-state index in [2.05, 4.69) is 25.3 Å². The molecule has 1 N–H and O–H groups in total. The van der Waals surface area contributed by atoms with Crippen LogP contribution in [0.1, 0.15) is 37.5 Å². The maximum Gasteiger partial charge on any atom is 0.322 e. The van der Waals surface area contributed by atoms with Crippen LogP contribution in [0.2, 0.25) is 0 Å². The maximum absolute atomic E-state index is 12.8. The number of amides is 2. The van der Waals surface area contributed by atoms with E-state index in [4.69, 9.17) is 14.0 Å². The highest BCUT2D eigenvalue weighted by Crippen LogP contribution is 2.35. The van der Waals surface area contributed by atoms with E-state index in [1.165, 1.54) is 12.8 Å². The van der Waals surface area contributed by atoms with Gasteiger partial charge in [-0.3, -0.25) is 0 Å². The summed E-state index contributed by atoms with van der Waals surface area (Å²) in [6.45, 7) is 2.53. The second kappa shape index (κ2) is 10.2. The van der Waals surface area contributed by atoms with Gasteiger partial charge in [0.05, 0.1) is 19.9 Å². The van der Waals surface area contributed by atoms with Gasteiger partial charge in [-0.15, -0.1) is 0 Å². The zero-order valence-electron chi connectivity index (χ0n) is 20.1. The summed E-state index contributed by atoms with van der Waals surface area (Å²) >= 11 is 0. The molecule has 10 heteroatoms. The predicted octanol–water partition coefficient (Wildman–Crippen LogP) is 4.16. The van der Waals surface area contributed by atoms with Crippen LogP contribution in [-0.4, -0.2) is 66.5 Å². The Kier molecular flexibility index (Phi) is 6.69. The fourth-order valence-electron chi connectivity index (χ4n) is 4.71. The van der Waals surface area contributed by atoms with E-state index in [1.54, 1.807) is 37.4 Å². The van der Waals surface area contributed by atoms with Crippen LogP contribution in [0.25, 0.3) is 11.4 Å². The first-order valence-electron chi connectivity index (χ1n) is 12.0. The largest absolute Gasteiger partial charge is 0.493 e. The number of pyridine rings is 1. The molecule has 2 aliphatic rings. The zero-order valence-corrected chi connectivity index (χ0v) is 20.1. The third-order valence-electron chi connectivity index (χ3n) is 6.69. The molecular weight excluding hydrogens is 448 g/mol. The third kappa shape index (κ3) is 4.87. The number of nitrogens with zero attached hydrogens (tertiary/aromatic N) is 5. The van der Waals surface area contributed by atoms with Crippen LogP contribution < -0.4 is 19.7 Å². The Labute approximate surface area is 204 Å². The van der Waals surface area contributed by atoms with Crippen molar-refractivity contribution in [2.24, 2.45) is 0 Å². The lowest BCUT2D eigenvalue weighted by molar-refractivity contribution is 0.208. The number of aromatic nitrogens is 3. The highest BCUT2D eigenvalue weighted by molar-refractivity contribution is 5.91. The van der Waals surface area contributed by atoms with Crippen molar-refractivity contribution in [2.75, 3.05) is 50.6 Å². The lowest BCUT2D eigenvalue weighted by Gasteiger charge is -2.35. The van der Waals surface area contributed by atoms with E-state index in [0.29, 0.717) is 55.1 Å². The monoisotopic (exact) mass is 478 g/mol. The van der Waals surface area contributed by atoms with Gasteiger partial charge < -0.3 is 29.1 Å². The van der Waals surface area contributed by atoms with Crippen molar-refractivity contribution >= 4 is 17.5 Å². The van der Waals surface area contributed by atoms with Crippen molar-refractivity contribution < 1.29 is 18.8 Å². The third-order valence-corrected chi connectivity index (χ3v) is 6.69. The summed E-state index contributed by atoms with van der Waals surface area (Å²) in [4.78, 5) is 26.0. The van der Waals surface area contributed by atoms with Crippen molar-refractivity contribution in [1.82, 2.24) is 20.0 Å². The second-order valence-corrected chi connectivity index (χ2v) is 8.79. The molecule has 1 saturated heterocycles. The van der Waals surface area contributed by atoms with Gasteiger partial charge in [-0.25, -0.2) is 9.78 Å². The Balaban J connectivity index is 1.17. The topological polar surface area (TPSA) is 106 Å². The molecule has 3 heterocycles. The first-order chi connectivity index (χ1) is 17.2. The van der Waals surface area contributed by atoms with Crippen molar-refractivity contribution in [3.63, 3.8) is 0 Å². The minimum absolute atomic E-state index is 0.172. The Morgan fingerprint density at radius 3 is 2.54 bits per heavy atom. The molecule has 1 aliphatic carbocycles. The molecule has 1 aromatic carbocycles. The number of anilines is 2. The molecular formula is C25H30N6O4. The SMILES string of the molecule is COc1cccc(NC(=O)N2CCN(c3ccc(-c4noc(C5CCCC5)n4)cn3)CC2)c1OC. The van der Waals surface area contributed by atoms with Gasteiger partial charge >= 0.3 is 6.03 Å². The molecule has 3 aromatic rings. The summed E-state index contributed by atoms with van der Waals surface area (Å²) in [5, 5.41) is 7.09. The standard InChI is InChI=1S/C25H30N6O4/c1-33-20-9-5-8-19(22(20)34-2)27-25(32)31-14-12-30(13-15-31)21-11-10-18(16-26-21)23-28-24(35-29-23)17-6-3-4-7-17/h5,8-11,16-17H,3-4,6-7,12-15H2,1-2H3,(H,27,32). The molecule has 2 fully saturated rings. The minimum atomic E-state index is -0.172. The molecule has 2 aromatic heterocycles. The maximum atomic E-state index is 12.8. The molecule has 0 atom stereocenters. The molecule has 1 saturated carbocycles. The first-order valence-corrected chi connectivity index (χ1v) is 12.0. The van der Waals surface area contributed by atoms with Crippen LogP contribution in [0.15, 0.2) is 41.1 Å². The number of carbonyl (C=O) groups excluding carboxylic acids is 1. The molecule has 10 nitrogen and oxygen atoms in total. The molecule has 35 heavy (non-hydrogen) atoms. The van der Waals surface area contributed by atoms with E-state index in [9.17, 15) is 4.79 Å². The molecule has 5 rings (SSSR count). The number of urea groups is 1. The Bertz CT molecular complexity index is 1150. The number of methoxy groups -OCH3 is 2. The van der Waals surface area contributed by atoms with E-state index in [-0.39, 0.29) is 6.03 Å². The number of hydrogen-bond acceptors (Lipinski definition) is 8. The van der Waals surface area contributed by atoms with Gasteiger partial charge in [-0.1, -0.05) is 24.1 Å². The highest BCUT2D eigenvalue weighted by atomic mass is 16.5. The smallest absolute Gasteiger partial charge is 0.322 e. The molecule has 0 spiro atoms. The summed E-state index contributed by atoms with van der Waals surface area (Å²) in [7, 11) is 3.12. The number of ether oxygens (including phenoxy) is 2. The molecule has 0 radical (unpaired) electrons. The van der Waals surface area contributed by atoms with Gasteiger partial charge in [0, 0.05) is 43.9 Å². The van der Waals surface area contributed by atoms with Crippen LogP contribution in [-0.2, 0) is 0 Å². The number of para-hydroxylation sites is 1. The summed E-state index contributed by atoms with van der Waals surface area (Å²) < 4.78 is 16.2. The predicted molar refractivity (Wildman–Crippen MR) is 131 cm³/mol. The average molecular weight is 479 g/mol. The molecule has 2 amide bonds. The van der Waals surface area contributed by atoms with E-state index >= 15 is 0 Å². The van der Waals surface area contributed by atoms with Crippen LogP contribution in [0.4, 0.5) is 16.3 Å². The lowest BCUT2D eigenvalue weighted by atomic mass is 10.1. The number of hydrogen-bond donors (Lipinski definition) is 1. The van der Waals surface area contributed by atoms with Crippen molar-refractivity contribution in [1.29, 1.82) is 0 Å². The van der Waals surface area contributed by atoms with Crippen LogP contribution >= 0.6 is 0 Å². The normalized spacial score (nSPS) is 16.4. The minimum Gasteiger partial charge on any atom is -0.493 e. The van der Waals surface area contributed by atoms with Gasteiger partial charge in [-0.05, 0) is 37.1 Å². The fourth-order valence-corrected chi connectivity index (χ4v) is 4.71.